The number of benzene rings is 1. The number of rotatable bonds is 4. The van der Waals surface area contributed by atoms with Crippen molar-refractivity contribution in [3.63, 3.8) is 0 Å². The molecule has 1 heterocycles. The third-order valence-corrected chi connectivity index (χ3v) is 3.14. The first-order valence-corrected chi connectivity index (χ1v) is 6.26. The van der Waals surface area contributed by atoms with Crippen molar-refractivity contribution in [2.45, 2.75) is 12.5 Å². The van der Waals surface area contributed by atoms with Crippen LogP contribution in [0.25, 0.3) is 0 Å². The third-order valence-electron chi connectivity index (χ3n) is 2.52. The van der Waals surface area contributed by atoms with Crippen LogP contribution in [0.2, 0.25) is 0 Å². The molecule has 5 nitrogen and oxygen atoms in total. The maximum absolute atomic E-state index is 8.75. The van der Waals surface area contributed by atoms with Gasteiger partial charge in [-0.05, 0) is 34.1 Å². The van der Waals surface area contributed by atoms with Gasteiger partial charge in [-0.15, -0.1) is 12.4 Å². The first-order valence-electron chi connectivity index (χ1n) is 5.47. The second-order valence-electron chi connectivity index (χ2n) is 3.86. The van der Waals surface area contributed by atoms with Crippen LogP contribution in [0.3, 0.4) is 0 Å². The standard InChI is InChI=1S/C12H12BrN3O2.ClH/c13-11-3-8(5-14)1-2-12(11)17-7-10-4-9(6-15)16-18-10;/h1-3,10H,4,6-7,15H2;1H. The van der Waals surface area contributed by atoms with Gasteiger partial charge in [0.15, 0.2) is 6.10 Å². The topological polar surface area (TPSA) is 80.6 Å². The van der Waals surface area contributed by atoms with E-state index in [1.165, 1.54) is 0 Å². The lowest BCUT2D eigenvalue weighted by molar-refractivity contribution is 0.0468. The summed E-state index contributed by atoms with van der Waals surface area (Å²) in [6, 6.07) is 7.24. The molecule has 0 fully saturated rings. The summed E-state index contributed by atoms with van der Waals surface area (Å²) >= 11 is 3.36. The van der Waals surface area contributed by atoms with E-state index in [1.807, 2.05) is 0 Å². The molecule has 1 aliphatic rings. The van der Waals surface area contributed by atoms with Crippen LogP contribution >= 0.6 is 28.3 Å². The maximum atomic E-state index is 8.75. The zero-order valence-corrected chi connectivity index (χ0v) is 12.4. The number of hydrogen-bond acceptors (Lipinski definition) is 5. The van der Waals surface area contributed by atoms with Crippen LogP contribution in [0.1, 0.15) is 12.0 Å². The molecule has 1 atom stereocenters. The van der Waals surface area contributed by atoms with E-state index >= 15 is 0 Å². The Morgan fingerprint density at radius 1 is 1.58 bits per heavy atom. The van der Waals surface area contributed by atoms with Gasteiger partial charge in [0.1, 0.15) is 12.4 Å². The van der Waals surface area contributed by atoms with Crippen molar-refractivity contribution in [3.8, 4) is 11.8 Å². The van der Waals surface area contributed by atoms with Crippen molar-refractivity contribution in [1.82, 2.24) is 0 Å². The molecule has 2 rings (SSSR count). The summed E-state index contributed by atoms with van der Waals surface area (Å²) in [4.78, 5) is 5.18. The van der Waals surface area contributed by atoms with Gasteiger partial charge in [-0.1, -0.05) is 5.16 Å². The molecule has 7 heteroatoms. The fourth-order valence-corrected chi connectivity index (χ4v) is 2.06. The van der Waals surface area contributed by atoms with Crippen molar-refractivity contribution in [1.29, 1.82) is 5.26 Å². The normalized spacial score (nSPS) is 16.9. The summed E-state index contributed by atoms with van der Waals surface area (Å²) in [6.45, 7) is 0.814. The molecule has 0 aliphatic carbocycles. The Hall–Kier alpha value is -1.29. The molecular formula is C12H13BrClN3O2. The summed E-state index contributed by atoms with van der Waals surface area (Å²) in [5, 5.41) is 12.6. The molecule has 1 aromatic carbocycles. The summed E-state index contributed by atoms with van der Waals surface area (Å²) in [5.41, 5.74) is 6.90. The molecule has 2 N–H and O–H groups in total. The molecule has 1 aromatic rings. The van der Waals surface area contributed by atoms with Gasteiger partial charge in [0.25, 0.3) is 0 Å². The Labute approximate surface area is 125 Å². The zero-order valence-electron chi connectivity index (χ0n) is 10.0. The smallest absolute Gasteiger partial charge is 0.166 e. The molecule has 1 unspecified atom stereocenters. The highest BCUT2D eigenvalue weighted by atomic mass is 79.9. The largest absolute Gasteiger partial charge is 0.488 e. The van der Waals surface area contributed by atoms with Crippen LogP contribution in [0.5, 0.6) is 5.75 Å². The lowest BCUT2D eigenvalue weighted by Gasteiger charge is -2.11. The van der Waals surface area contributed by atoms with E-state index in [2.05, 4.69) is 27.2 Å². The summed E-state index contributed by atoms with van der Waals surface area (Å²) in [6.07, 6.45) is 0.607. The summed E-state index contributed by atoms with van der Waals surface area (Å²) in [5.74, 6) is 0.679. The van der Waals surface area contributed by atoms with E-state index in [1.54, 1.807) is 18.2 Å². The van der Waals surface area contributed by atoms with Crippen LogP contribution in [0, 0.1) is 11.3 Å². The van der Waals surface area contributed by atoms with Gasteiger partial charge in [-0.3, -0.25) is 0 Å². The van der Waals surface area contributed by atoms with E-state index in [0.29, 0.717) is 30.9 Å². The number of oxime groups is 1. The van der Waals surface area contributed by atoms with Crippen LogP contribution in [0.15, 0.2) is 27.8 Å². The fourth-order valence-electron chi connectivity index (χ4n) is 1.57. The van der Waals surface area contributed by atoms with E-state index < -0.39 is 0 Å². The van der Waals surface area contributed by atoms with Crippen LogP contribution < -0.4 is 10.5 Å². The average Bonchev–Trinajstić information content (AvgIpc) is 2.85. The number of nitrogens with zero attached hydrogens (tertiary/aromatic N) is 2. The van der Waals surface area contributed by atoms with Gasteiger partial charge in [-0.2, -0.15) is 5.26 Å². The van der Waals surface area contributed by atoms with Gasteiger partial charge in [0.2, 0.25) is 0 Å². The third kappa shape index (κ3) is 4.10. The highest BCUT2D eigenvalue weighted by Gasteiger charge is 2.20. The summed E-state index contributed by atoms with van der Waals surface area (Å²) in [7, 11) is 0. The average molecular weight is 347 g/mol. The molecule has 102 valence electrons. The van der Waals surface area contributed by atoms with Gasteiger partial charge < -0.3 is 15.3 Å². The minimum Gasteiger partial charge on any atom is -0.488 e. The Morgan fingerprint density at radius 2 is 2.37 bits per heavy atom. The minimum absolute atomic E-state index is 0. The van der Waals surface area contributed by atoms with Crippen LogP contribution in [-0.4, -0.2) is 25.0 Å². The maximum Gasteiger partial charge on any atom is 0.166 e. The van der Waals surface area contributed by atoms with Crippen molar-refractivity contribution in [2.24, 2.45) is 10.9 Å². The molecule has 19 heavy (non-hydrogen) atoms. The van der Waals surface area contributed by atoms with Gasteiger partial charge >= 0.3 is 0 Å². The van der Waals surface area contributed by atoms with Gasteiger partial charge in [0.05, 0.1) is 21.8 Å². The SMILES string of the molecule is Cl.N#Cc1ccc(OCC2CC(CN)=NO2)c(Br)c1. The molecule has 0 spiro atoms. The molecule has 0 saturated heterocycles. The lowest BCUT2D eigenvalue weighted by atomic mass is 10.2. The summed E-state index contributed by atoms with van der Waals surface area (Å²) < 4.78 is 6.37. The van der Waals surface area contributed by atoms with Gasteiger partial charge in [0, 0.05) is 13.0 Å². The fraction of sp³-hybridized carbons (Fsp3) is 0.333. The second kappa shape index (κ2) is 7.34. The Morgan fingerprint density at radius 3 is 2.95 bits per heavy atom. The molecule has 1 aliphatic heterocycles. The number of ether oxygens (including phenoxy) is 1. The molecule has 0 amide bonds. The van der Waals surface area contributed by atoms with E-state index in [0.717, 1.165) is 10.2 Å². The number of nitrogens with two attached hydrogens (primary N) is 1. The van der Waals surface area contributed by atoms with E-state index in [4.69, 9.17) is 20.6 Å². The highest BCUT2D eigenvalue weighted by molar-refractivity contribution is 9.10. The molecular weight excluding hydrogens is 334 g/mol. The Balaban J connectivity index is 0.00000180. The predicted octanol–water partition coefficient (Wildman–Crippen LogP) is 2.22. The van der Waals surface area contributed by atoms with Gasteiger partial charge in [-0.25, -0.2) is 0 Å². The molecule has 0 aromatic heterocycles. The molecule has 0 radical (unpaired) electrons. The Kier molecular flexibility index (Phi) is 6.09. The van der Waals surface area contributed by atoms with Crippen LogP contribution in [0.4, 0.5) is 0 Å². The first-order chi connectivity index (χ1) is 8.72. The predicted molar refractivity (Wildman–Crippen MR) is 77.6 cm³/mol. The molecule has 0 bridgehead atoms. The van der Waals surface area contributed by atoms with Crippen molar-refractivity contribution < 1.29 is 9.57 Å². The second-order valence-corrected chi connectivity index (χ2v) is 4.72. The quantitative estimate of drug-likeness (QED) is 0.906. The Bertz CT molecular complexity index is 516. The van der Waals surface area contributed by atoms with E-state index in [-0.39, 0.29) is 18.5 Å². The number of nitriles is 1. The zero-order chi connectivity index (χ0) is 13.0. The number of halogens is 2. The van der Waals surface area contributed by atoms with Crippen molar-refractivity contribution in [2.75, 3.05) is 13.2 Å². The van der Waals surface area contributed by atoms with Crippen molar-refractivity contribution >= 4 is 34.0 Å². The first kappa shape index (κ1) is 15.8. The lowest BCUT2D eigenvalue weighted by Crippen LogP contribution is -2.20. The molecule has 0 saturated carbocycles. The monoisotopic (exact) mass is 345 g/mol. The highest BCUT2D eigenvalue weighted by Crippen LogP contribution is 2.26. The minimum atomic E-state index is -0.0916. The van der Waals surface area contributed by atoms with E-state index in [9.17, 15) is 0 Å². The van der Waals surface area contributed by atoms with Crippen molar-refractivity contribution in [3.05, 3.63) is 28.2 Å². The van der Waals surface area contributed by atoms with Crippen LogP contribution in [-0.2, 0) is 4.84 Å². The number of hydrogen-bond donors (Lipinski definition) is 1.